The molecule has 0 aliphatic carbocycles. The molecule has 0 aliphatic heterocycles. The molecule has 0 bridgehead atoms. The lowest BCUT2D eigenvalue weighted by Crippen LogP contribution is -2.19. The summed E-state index contributed by atoms with van der Waals surface area (Å²) in [5, 5.41) is 18.9. The van der Waals surface area contributed by atoms with Crippen molar-refractivity contribution in [2.75, 3.05) is 0 Å². The molecule has 2 aromatic carbocycles. The highest BCUT2D eigenvalue weighted by molar-refractivity contribution is 5.45. The molecule has 116 valence electrons. The molecule has 0 aromatic heterocycles. The normalized spacial score (nSPS) is 11.6. The maximum Gasteiger partial charge on any atom is 0.0769 e. The number of rotatable bonds is 4. The van der Waals surface area contributed by atoms with E-state index in [2.05, 4.69) is 24.3 Å². The van der Waals surface area contributed by atoms with Crippen molar-refractivity contribution in [1.29, 1.82) is 10.5 Å². The molecule has 0 amide bonds. The van der Waals surface area contributed by atoms with Gasteiger partial charge in [0, 0.05) is 0 Å². The van der Waals surface area contributed by atoms with Crippen molar-refractivity contribution in [3.63, 3.8) is 0 Å². The van der Waals surface area contributed by atoms with Crippen LogP contribution in [0, 0.1) is 22.7 Å². The molecular formula is C21H22N2. The molecule has 0 spiro atoms. The zero-order valence-electron chi connectivity index (χ0n) is 14.2. The fourth-order valence-electron chi connectivity index (χ4n) is 2.89. The first-order valence-corrected chi connectivity index (χ1v) is 7.81. The Morgan fingerprint density at radius 1 is 0.696 bits per heavy atom. The predicted octanol–water partition coefficient (Wildman–Crippen LogP) is 4.88. The lowest BCUT2D eigenvalue weighted by molar-refractivity contribution is 0.668. The Kier molecular flexibility index (Phi) is 4.57. The average molecular weight is 302 g/mol. The van der Waals surface area contributed by atoms with E-state index in [1.54, 1.807) is 0 Å². The molecule has 0 unspecified atom stereocenters. The molecule has 0 N–H and O–H groups in total. The van der Waals surface area contributed by atoms with E-state index in [-0.39, 0.29) is 0 Å². The first-order valence-electron chi connectivity index (χ1n) is 7.81. The highest BCUT2D eigenvalue weighted by Gasteiger charge is 2.25. The first-order chi connectivity index (χ1) is 10.8. The average Bonchev–Trinajstić information content (AvgIpc) is 2.55. The van der Waals surface area contributed by atoms with Crippen molar-refractivity contribution in [3.8, 4) is 12.1 Å². The van der Waals surface area contributed by atoms with Gasteiger partial charge < -0.3 is 0 Å². The Bertz CT molecular complexity index is 718. The number of hydrogen-bond acceptors (Lipinski definition) is 2. The number of nitriles is 2. The second-order valence-corrected chi connectivity index (χ2v) is 6.96. The summed E-state index contributed by atoms with van der Waals surface area (Å²) in [4.78, 5) is 0. The van der Waals surface area contributed by atoms with Gasteiger partial charge in [-0.25, -0.2) is 0 Å². The topological polar surface area (TPSA) is 47.6 Å². The maximum atomic E-state index is 9.47. The number of benzene rings is 2. The Labute approximate surface area is 139 Å². The zero-order valence-corrected chi connectivity index (χ0v) is 14.2. The Balaban J connectivity index is 2.52. The third kappa shape index (κ3) is 3.43. The molecule has 0 saturated carbocycles. The molecule has 2 aromatic rings. The van der Waals surface area contributed by atoms with E-state index in [0.717, 1.165) is 28.7 Å². The van der Waals surface area contributed by atoms with Crippen LogP contribution in [0.4, 0.5) is 0 Å². The highest BCUT2D eigenvalue weighted by Crippen LogP contribution is 2.31. The smallest absolute Gasteiger partial charge is 0.0769 e. The lowest BCUT2D eigenvalue weighted by Gasteiger charge is -2.23. The standard InChI is InChI=1S/C21H22N2/c1-20(2,14-22)18-11-7-5-9-16(18)13-17-10-6-8-12-19(17)21(3,4)15-23/h5-12H,13H2,1-4H3. The fourth-order valence-corrected chi connectivity index (χ4v) is 2.89. The lowest BCUT2D eigenvalue weighted by atomic mass is 9.78. The van der Waals surface area contributed by atoms with Crippen LogP contribution in [0.25, 0.3) is 0 Å². The van der Waals surface area contributed by atoms with Gasteiger partial charge in [0.15, 0.2) is 0 Å². The van der Waals surface area contributed by atoms with E-state index in [9.17, 15) is 10.5 Å². The summed E-state index contributed by atoms with van der Waals surface area (Å²) in [5.41, 5.74) is 3.31. The molecule has 0 aliphatic rings. The van der Waals surface area contributed by atoms with E-state index >= 15 is 0 Å². The van der Waals surface area contributed by atoms with Gasteiger partial charge in [0.05, 0.1) is 23.0 Å². The summed E-state index contributed by atoms with van der Waals surface area (Å²) in [7, 11) is 0. The van der Waals surface area contributed by atoms with Gasteiger partial charge in [-0.15, -0.1) is 0 Å². The van der Waals surface area contributed by atoms with E-state index in [1.165, 1.54) is 0 Å². The van der Waals surface area contributed by atoms with Crippen LogP contribution >= 0.6 is 0 Å². The minimum atomic E-state index is -0.531. The van der Waals surface area contributed by atoms with Crippen LogP contribution < -0.4 is 0 Å². The zero-order chi connectivity index (χ0) is 17.1. The van der Waals surface area contributed by atoms with Gasteiger partial charge in [-0.05, 0) is 56.4 Å². The SMILES string of the molecule is CC(C)(C#N)c1ccccc1Cc1ccccc1C(C)(C)C#N. The van der Waals surface area contributed by atoms with Gasteiger partial charge in [-0.2, -0.15) is 10.5 Å². The molecule has 0 atom stereocenters. The Hall–Kier alpha value is -2.58. The van der Waals surface area contributed by atoms with Crippen molar-refractivity contribution in [2.45, 2.75) is 44.9 Å². The summed E-state index contributed by atoms with van der Waals surface area (Å²) in [5.74, 6) is 0. The summed E-state index contributed by atoms with van der Waals surface area (Å²) in [6.07, 6.45) is 0.725. The number of hydrogen-bond donors (Lipinski definition) is 0. The fraction of sp³-hybridized carbons (Fsp3) is 0.333. The van der Waals surface area contributed by atoms with Gasteiger partial charge in [-0.1, -0.05) is 48.5 Å². The Morgan fingerprint density at radius 3 is 1.39 bits per heavy atom. The Morgan fingerprint density at radius 2 is 1.04 bits per heavy atom. The number of nitrogens with zero attached hydrogens (tertiary/aromatic N) is 2. The quantitative estimate of drug-likeness (QED) is 0.808. The van der Waals surface area contributed by atoms with Crippen molar-refractivity contribution in [1.82, 2.24) is 0 Å². The molecule has 0 saturated heterocycles. The minimum Gasteiger partial charge on any atom is -0.197 e. The monoisotopic (exact) mass is 302 g/mol. The highest BCUT2D eigenvalue weighted by atomic mass is 14.4. The van der Waals surface area contributed by atoms with Crippen LogP contribution in [0.2, 0.25) is 0 Å². The molecular weight excluding hydrogens is 280 g/mol. The van der Waals surface area contributed by atoms with Gasteiger partial charge in [0.25, 0.3) is 0 Å². The van der Waals surface area contributed by atoms with Crippen molar-refractivity contribution in [3.05, 3.63) is 70.8 Å². The summed E-state index contributed by atoms with van der Waals surface area (Å²) in [6.45, 7) is 7.77. The second kappa shape index (κ2) is 6.27. The van der Waals surface area contributed by atoms with Crippen molar-refractivity contribution < 1.29 is 0 Å². The van der Waals surface area contributed by atoms with Crippen LogP contribution in [0.5, 0.6) is 0 Å². The molecule has 0 radical (unpaired) electrons. The molecule has 23 heavy (non-hydrogen) atoms. The van der Waals surface area contributed by atoms with E-state index in [0.29, 0.717) is 0 Å². The first kappa shape index (κ1) is 16.8. The largest absolute Gasteiger partial charge is 0.197 e. The van der Waals surface area contributed by atoms with Crippen LogP contribution in [0.15, 0.2) is 48.5 Å². The van der Waals surface area contributed by atoms with Crippen molar-refractivity contribution in [2.24, 2.45) is 0 Å². The van der Waals surface area contributed by atoms with Gasteiger partial charge in [0.2, 0.25) is 0 Å². The summed E-state index contributed by atoms with van der Waals surface area (Å²) < 4.78 is 0. The van der Waals surface area contributed by atoms with Crippen LogP contribution in [0.3, 0.4) is 0 Å². The van der Waals surface area contributed by atoms with Gasteiger partial charge in [0.1, 0.15) is 0 Å². The second-order valence-electron chi connectivity index (χ2n) is 6.96. The van der Waals surface area contributed by atoms with Crippen molar-refractivity contribution >= 4 is 0 Å². The van der Waals surface area contributed by atoms with Crippen LogP contribution in [-0.4, -0.2) is 0 Å². The molecule has 2 rings (SSSR count). The summed E-state index contributed by atoms with van der Waals surface area (Å²) in [6, 6.07) is 20.9. The summed E-state index contributed by atoms with van der Waals surface area (Å²) >= 11 is 0. The maximum absolute atomic E-state index is 9.47. The predicted molar refractivity (Wildman–Crippen MR) is 93.0 cm³/mol. The van der Waals surface area contributed by atoms with Gasteiger partial charge in [-0.3, -0.25) is 0 Å². The molecule has 0 fully saturated rings. The van der Waals surface area contributed by atoms with E-state index in [1.807, 2.05) is 64.1 Å². The van der Waals surface area contributed by atoms with E-state index in [4.69, 9.17) is 0 Å². The minimum absolute atomic E-state index is 0.531. The third-order valence-corrected chi connectivity index (χ3v) is 4.32. The van der Waals surface area contributed by atoms with E-state index < -0.39 is 10.8 Å². The van der Waals surface area contributed by atoms with Crippen LogP contribution in [0.1, 0.15) is 49.9 Å². The molecule has 0 heterocycles. The third-order valence-electron chi connectivity index (χ3n) is 4.32. The molecule has 2 nitrogen and oxygen atoms in total. The molecule has 2 heteroatoms. The van der Waals surface area contributed by atoms with Gasteiger partial charge >= 0.3 is 0 Å². The van der Waals surface area contributed by atoms with Crippen LogP contribution in [-0.2, 0) is 17.3 Å².